The Balaban J connectivity index is 1.68. The molecule has 20 heavy (non-hydrogen) atoms. The highest BCUT2D eigenvalue weighted by Gasteiger charge is 2.50. The second kappa shape index (κ2) is 5.06. The van der Waals surface area contributed by atoms with Crippen molar-refractivity contribution in [3.8, 4) is 0 Å². The fourth-order valence-electron chi connectivity index (χ4n) is 2.26. The third kappa shape index (κ3) is 2.64. The monoisotopic (exact) mass is 297 g/mol. The molecule has 1 aliphatic carbocycles. The van der Waals surface area contributed by atoms with Crippen LogP contribution in [-0.2, 0) is 25.8 Å². The number of amides is 1. The third-order valence-corrected chi connectivity index (χ3v) is 4.82. The van der Waals surface area contributed by atoms with E-state index in [0.717, 1.165) is 22.7 Å². The normalized spacial score (nSPS) is 24.6. The van der Waals surface area contributed by atoms with E-state index in [1.807, 2.05) is 18.2 Å². The van der Waals surface area contributed by atoms with Gasteiger partial charge in [0.25, 0.3) is 0 Å². The predicted octanol–water partition coefficient (Wildman–Crippen LogP) is 1.68. The highest BCUT2D eigenvalue weighted by atomic mass is 32.2. The van der Waals surface area contributed by atoms with Crippen molar-refractivity contribution in [2.24, 2.45) is 5.92 Å². The molecule has 1 heterocycles. The largest absolute Gasteiger partial charge is 0.444 e. The molecule has 0 bridgehead atoms. The molecule has 1 aromatic rings. The van der Waals surface area contributed by atoms with Crippen LogP contribution < -0.4 is 0 Å². The molecule has 7 heteroatoms. The summed E-state index contributed by atoms with van der Waals surface area (Å²) in [5.41, 5.74) is 0.807. The molecule has 0 N–H and O–H groups in total. The van der Waals surface area contributed by atoms with Crippen LogP contribution in [0.25, 0.3) is 0 Å². The molecular weight excluding hydrogens is 282 g/mol. The van der Waals surface area contributed by atoms with E-state index in [1.165, 1.54) is 0 Å². The number of carbonyl (C=O) groups is 1. The summed E-state index contributed by atoms with van der Waals surface area (Å²) in [6, 6.07) is 8.70. The Bertz CT molecular complexity index is 596. The first-order chi connectivity index (χ1) is 9.58. The van der Waals surface area contributed by atoms with Crippen LogP contribution in [0.15, 0.2) is 30.3 Å². The zero-order valence-electron chi connectivity index (χ0n) is 10.8. The van der Waals surface area contributed by atoms with Crippen molar-refractivity contribution in [3.63, 3.8) is 0 Å². The summed E-state index contributed by atoms with van der Waals surface area (Å²) in [6.07, 6.45) is 0.987. The third-order valence-electron chi connectivity index (χ3n) is 3.48. The van der Waals surface area contributed by atoms with E-state index in [2.05, 4.69) is 0 Å². The summed E-state index contributed by atoms with van der Waals surface area (Å²) in [4.78, 5) is 12.0. The Kier molecular flexibility index (Phi) is 3.39. The first-order valence-corrected chi connectivity index (χ1v) is 7.84. The fourth-order valence-corrected chi connectivity index (χ4v) is 3.49. The van der Waals surface area contributed by atoms with E-state index >= 15 is 0 Å². The molecule has 6 nitrogen and oxygen atoms in total. The van der Waals surface area contributed by atoms with E-state index in [9.17, 15) is 13.2 Å². The number of rotatable bonds is 3. The Morgan fingerprint density at radius 3 is 2.65 bits per heavy atom. The smallest absolute Gasteiger partial charge is 0.426 e. The van der Waals surface area contributed by atoms with Crippen molar-refractivity contribution in [2.45, 2.75) is 25.5 Å². The van der Waals surface area contributed by atoms with Crippen molar-refractivity contribution in [3.05, 3.63) is 35.9 Å². The van der Waals surface area contributed by atoms with Gasteiger partial charge < -0.3 is 4.74 Å². The van der Waals surface area contributed by atoms with E-state index in [-0.39, 0.29) is 19.1 Å². The molecule has 1 saturated carbocycles. The van der Waals surface area contributed by atoms with Gasteiger partial charge in [0.2, 0.25) is 0 Å². The number of hydrogen-bond donors (Lipinski definition) is 0. The second-order valence-corrected chi connectivity index (χ2v) is 6.47. The zero-order valence-corrected chi connectivity index (χ0v) is 11.6. The van der Waals surface area contributed by atoms with E-state index < -0.39 is 22.4 Å². The van der Waals surface area contributed by atoms with Crippen molar-refractivity contribution >= 4 is 16.4 Å². The lowest BCUT2D eigenvalue weighted by Crippen LogP contribution is -2.40. The molecule has 2 fully saturated rings. The van der Waals surface area contributed by atoms with Crippen LogP contribution in [0.2, 0.25) is 0 Å². The molecule has 0 aromatic heterocycles. The lowest BCUT2D eigenvalue weighted by molar-refractivity contribution is 0.110. The molecular formula is C13H15NO5S. The van der Waals surface area contributed by atoms with Gasteiger partial charge in [0.1, 0.15) is 6.61 Å². The summed E-state index contributed by atoms with van der Waals surface area (Å²) in [5.74, 6) is 0.205. The summed E-state index contributed by atoms with van der Waals surface area (Å²) in [7, 11) is -3.99. The van der Waals surface area contributed by atoms with Crippen molar-refractivity contribution in [1.29, 1.82) is 0 Å². The molecule has 108 valence electrons. The molecule has 1 unspecified atom stereocenters. The molecule has 1 aliphatic heterocycles. The van der Waals surface area contributed by atoms with E-state index in [0.29, 0.717) is 0 Å². The van der Waals surface area contributed by atoms with Gasteiger partial charge in [0, 0.05) is 0 Å². The Hall–Kier alpha value is -1.60. The second-order valence-electron chi connectivity index (χ2n) is 4.98. The van der Waals surface area contributed by atoms with Gasteiger partial charge in [0.05, 0.1) is 12.6 Å². The first-order valence-electron chi connectivity index (χ1n) is 6.47. The molecule has 1 atom stereocenters. The maximum absolute atomic E-state index is 12.0. The molecule has 0 radical (unpaired) electrons. The summed E-state index contributed by atoms with van der Waals surface area (Å²) in [6.45, 7) is 0.0799. The zero-order chi connectivity index (χ0) is 14.2. The molecule has 1 amide bonds. The minimum absolute atomic E-state index is 0.0352. The van der Waals surface area contributed by atoms with Crippen LogP contribution in [-0.4, -0.2) is 31.5 Å². The van der Waals surface area contributed by atoms with Gasteiger partial charge >= 0.3 is 16.4 Å². The minimum Gasteiger partial charge on any atom is -0.444 e. The molecule has 0 spiro atoms. The topological polar surface area (TPSA) is 72.9 Å². The average molecular weight is 297 g/mol. The maximum atomic E-state index is 12.0. The SMILES string of the molecule is O=C(OCc1ccccc1)N1C(C2CC2)COS1(=O)=O. The van der Waals surface area contributed by atoms with Gasteiger partial charge in [-0.05, 0) is 24.3 Å². The van der Waals surface area contributed by atoms with Crippen LogP contribution >= 0.6 is 0 Å². The average Bonchev–Trinajstić information content (AvgIpc) is 3.22. The summed E-state index contributed by atoms with van der Waals surface area (Å²) in [5, 5.41) is 0. The van der Waals surface area contributed by atoms with Gasteiger partial charge in [-0.1, -0.05) is 30.3 Å². The standard InChI is InChI=1S/C13H15NO5S/c15-13(18-8-10-4-2-1-3-5-10)14-12(11-6-7-11)9-19-20(14,16)17/h1-5,11-12H,6-9H2. The van der Waals surface area contributed by atoms with Crippen molar-refractivity contribution in [1.82, 2.24) is 4.31 Å². The highest BCUT2D eigenvalue weighted by molar-refractivity contribution is 7.85. The van der Waals surface area contributed by atoms with Crippen molar-refractivity contribution < 1.29 is 22.1 Å². The van der Waals surface area contributed by atoms with Crippen LogP contribution in [0.3, 0.4) is 0 Å². The van der Waals surface area contributed by atoms with Gasteiger partial charge in [-0.25, -0.2) is 4.79 Å². The van der Waals surface area contributed by atoms with Crippen molar-refractivity contribution in [2.75, 3.05) is 6.61 Å². The number of nitrogens with zero attached hydrogens (tertiary/aromatic N) is 1. The van der Waals surface area contributed by atoms with Gasteiger partial charge in [-0.2, -0.15) is 12.7 Å². The van der Waals surface area contributed by atoms with E-state index in [4.69, 9.17) is 8.92 Å². The van der Waals surface area contributed by atoms with E-state index in [1.54, 1.807) is 12.1 Å². The molecule has 1 saturated heterocycles. The molecule has 2 aliphatic rings. The lowest BCUT2D eigenvalue weighted by Gasteiger charge is -2.19. The maximum Gasteiger partial charge on any atom is 0.426 e. The van der Waals surface area contributed by atoms with Crippen LogP contribution in [0.1, 0.15) is 18.4 Å². The van der Waals surface area contributed by atoms with Crippen LogP contribution in [0.4, 0.5) is 4.79 Å². The first kappa shape index (κ1) is 13.4. The Labute approximate surface area is 117 Å². The Morgan fingerprint density at radius 1 is 1.30 bits per heavy atom. The minimum atomic E-state index is -3.99. The number of benzene rings is 1. The number of hydrogen-bond acceptors (Lipinski definition) is 5. The lowest BCUT2D eigenvalue weighted by atomic mass is 10.2. The number of ether oxygens (including phenoxy) is 1. The highest BCUT2D eigenvalue weighted by Crippen LogP contribution is 2.39. The molecule has 3 rings (SSSR count). The quantitative estimate of drug-likeness (QED) is 0.848. The fraction of sp³-hybridized carbons (Fsp3) is 0.462. The number of carbonyl (C=O) groups excluding carboxylic acids is 1. The van der Waals surface area contributed by atoms with Crippen LogP contribution in [0, 0.1) is 5.92 Å². The Morgan fingerprint density at radius 2 is 2.00 bits per heavy atom. The summed E-state index contributed by atoms with van der Waals surface area (Å²) >= 11 is 0. The van der Waals surface area contributed by atoms with Gasteiger partial charge in [-0.3, -0.25) is 4.18 Å². The van der Waals surface area contributed by atoms with Gasteiger partial charge in [-0.15, -0.1) is 0 Å². The van der Waals surface area contributed by atoms with Gasteiger partial charge in [0.15, 0.2) is 0 Å². The predicted molar refractivity (Wildman–Crippen MR) is 69.8 cm³/mol. The molecule has 1 aromatic carbocycles. The summed E-state index contributed by atoms with van der Waals surface area (Å²) < 4.78 is 34.1. The van der Waals surface area contributed by atoms with Crippen LogP contribution in [0.5, 0.6) is 0 Å².